The van der Waals surface area contributed by atoms with Crippen molar-refractivity contribution in [2.45, 2.75) is 37.7 Å². The molecule has 5 nitrogen and oxygen atoms in total. The van der Waals surface area contributed by atoms with E-state index in [0.29, 0.717) is 5.82 Å². The van der Waals surface area contributed by atoms with Crippen LogP contribution in [0.4, 0.5) is 0 Å². The van der Waals surface area contributed by atoms with Gasteiger partial charge in [0.25, 0.3) is 5.56 Å². The molecule has 2 rings (SSSR count). The zero-order chi connectivity index (χ0) is 11.6. The smallest absolute Gasteiger partial charge is 0.254 e. The zero-order valence-electron chi connectivity index (χ0n) is 9.32. The maximum atomic E-state index is 11.3. The van der Waals surface area contributed by atoms with Crippen molar-refractivity contribution >= 4 is 0 Å². The van der Waals surface area contributed by atoms with E-state index in [-0.39, 0.29) is 11.4 Å². The molecule has 1 fully saturated rings. The fourth-order valence-corrected chi connectivity index (χ4v) is 2.32. The van der Waals surface area contributed by atoms with E-state index >= 15 is 0 Å². The van der Waals surface area contributed by atoms with Gasteiger partial charge < -0.3 is 14.8 Å². The van der Waals surface area contributed by atoms with E-state index in [2.05, 4.69) is 9.97 Å². The Balaban J connectivity index is 2.42. The number of methoxy groups -OCH3 is 1. The lowest BCUT2D eigenvalue weighted by atomic mass is 9.84. The lowest BCUT2D eigenvalue weighted by molar-refractivity contribution is -0.0520. The summed E-state index contributed by atoms with van der Waals surface area (Å²) < 4.78 is 5.53. The molecule has 0 amide bonds. The zero-order valence-corrected chi connectivity index (χ0v) is 9.32. The molecular formula is C11H16N2O3. The van der Waals surface area contributed by atoms with E-state index in [4.69, 9.17) is 4.74 Å². The molecule has 1 aliphatic rings. The van der Waals surface area contributed by atoms with Crippen molar-refractivity contribution in [3.8, 4) is 5.88 Å². The van der Waals surface area contributed by atoms with Crippen molar-refractivity contribution in [2.24, 2.45) is 0 Å². The van der Waals surface area contributed by atoms with E-state index in [9.17, 15) is 9.90 Å². The Labute approximate surface area is 93.5 Å². The van der Waals surface area contributed by atoms with Crippen LogP contribution < -0.4 is 5.56 Å². The molecule has 0 unspecified atom stereocenters. The summed E-state index contributed by atoms with van der Waals surface area (Å²) in [5.41, 5.74) is -0.875. The minimum absolute atomic E-state index is 0.249. The summed E-state index contributed by atoms with van der Waals surface area (Å²) in [6, 6.07) is 1.07. The number of hydrogen-bond acceptors (Lipinski definition) is 4. The molecule has 0 aliphatic heterocycles. The highest BCUT2D eigenvalue weighted by atomic mass is 16.5. The Bertz CT molecular complexity index is 421. The van der Waals surface area contributed by atoms with Gasteiger partial charge in [0.15, 0.2) is 0 Å². The van der Waals surface area contributed by atoms with Crippen LogP contribution in [0.3, 0.4) is 0 Å². The predicted molar refractivity (Wildman–Crippen MR) is 58.3 cm³/mol. The normalized spacial score (nSPS) is 19.6. The monoisotopic (exact) mass is 224 g/mol. The number of nitrogens with one attached hydrogen (secondary N) is 1. The number of nitrogens with zero attached hydrogens (tertiary/aromatic N) is 1. The molecule has 1 aromatic rings. The molecule has 0 radical (unpaired) electrons. The number of aromatic hydroxyl groups is 1. The maximum absolute atomic E-state index is 11.3. The summed E-state index contributed by atoms with van der Waals surface area (Å²) in [6.07, 6.45) is 4.93. The van der Waals surface area contributed by atoms with Crippen LogP contribution in [-0.4, -0.2) is 22.2 Å². The molecule has 0 atom stereocenters. The first-order valence-electron chi connectivity index (χ1n) is 5.52. The van der Waals surface area contributed by atoms with Crippen LogP contribution in [0.2, 0.25) is 0 Å². The second-order valence-electron chi connectivity index (χ2n) is 4.21. The largest absolute Gasteiger partial charge is 0.493 e. The highest BCUT2D eigenvalue weighted by Crippen LogP contribution is 2.38. The molecule has 5 heteroatoms. The van der Waals surface area contributed by atoms with Crippen LogP contribution in [-0.2, 0) is 10.3 Å². The van der Waals surface area contributed by atoms with Crippen molar-refractivity contribution in [2.75, 3.05) is 7.11 Å². The van der Waals surface area contributed by atoms with Gasteiger partial charge in [-0.25, -0.2) is 0 Å². The van der Waals surface area contributed by atoms with Gasteiger partial charge in [-0.1, -0.05) is 19.3 Å². The van der Waals surface area contributed by atoms with Crippen molar-refractivity contribution in [1.82, 2.24) is 9.97 Å². The van der Waals surface area contributed by atoms with Crippen LogP contribution in [0.15, 0.2) is 10.9 Å². The Kier molecular flexibility index (Phi) is 2.96. The minimum Gasteiger partial charge on any atom is -0.493 e. The summed E-state index contributed by atoms with van der Waals surface area (Å²) >= 11 is 0. The van der Waals surface area contributed by atoms with Gasteiger partial charge in [0.1, 0.15) is 11.4 Å². The number of aromatic nitrogens is 2. The fourth-order valence-electron chi connectivity index (χ4n) is 2.32. The Morgan fingerprint density at radius 2 is 2.12 bits per heavy atom. The van der Waals surface area contributed by atoms with Crippen LogP contribution in [0.1, 0.15) is 37.9 Å². The minimum atomic E-state index is -0.532. The van der Waals surface area contributed by atoms with Crippen LogP contribution in [0.5, 0.6) is 5.88 Å². The molecule has 1 saturated carbocycles. The van der Waals surface area contributed by atoms with Gasteiger partial charge in [0.2, 0.25) is 5.88 Å². The first-order chi connectivity index (χ1) is 7.66. The summed E-state index contributed by atoms with van der Waals surface area (Å²) in [4.78, 5) is 17.9. The van der Waals surface area contributed by atoms with Crippen molar-refractivity contribution in [1.29, 1.82) is 0 Å². The second-order valence-corrected chi connectivity index (χ2v) is 4.21. The molecule has 0 saturated heterocycles. The summed E-state index contributed by atoms with van der Waals surface area (Å²) in [5, 5.41) is 9.35. The van der Waals surface area contributed by atoms with Crippen molar-refractivity contribution in [3.63, 3.8) is 0 Å². The van der Waals surface area contributed by atoms with Crippen molar-refractivity contribution < 1.29 is 9.84 Å². The van der Waals surface area contributed by atoms with Gasteiger partial charge >= 0.3 is 0 Å². The lowest BCUT2D eigenvalue weighted by Gasteiger charge is -2.34. The van der Waals surface area contributed by atoms with Gasteiger partial charge in [0, 0.05) is 7.11 Å². The quantitative estimate of drug-likeness (QED) is 0.793. The number of aromatic amines is 1. The lowest BCUT2D eigenvalue weighted by Crippen LogP contribution is -2.34. The molecule has 2 N–H and O–H groups in total. The highest BCUT2D eigenvalue weighted by Gasteiger charge is 2.36. The van der Waals surface area contributed by atoms with Crippen LogP contribution >= 0.6 is 0 Å². The number of ether oxygens (including phenoxy) is 1. The first kappa shape index (κ1) is 11.1. The summed E-state index contributed by atoms with van der Waals surface area (Å²) in [5.74, 6) is 0.195. The van der Waals surface area contributed by atoms with Gasteiger partial charge in [-0.2, -0.15) is 4.98 Å². The Hall–Kier alpha value is -1.36. The van der Waals surface area contributed by atoms with E-state index in [1.807, 2.05) is 0 Å². The third kappa shape index (κ3) is 1.95. The Morgan fingerprint density at radius 1 is 1.44 bits per heavy atom. The van der Waals surface area contributed by atoms with E-state index in [1.165, 1.54) is 6.42 Å². The van der Waals surface area contributed by atoms with Gasteiger partial charge in [-0.05, 0) is 12.8 Å². The van der Waals surface area contributed by atoms with Gasteiger partial charge in [-0.3, -0.25) is 4.79 Å². The topological polar surface area (TPSA) is 75.2 Å². The van der Waals surface area contributed by atoms with E-state index in [1.54, 1.807) is 7.11 Å². The predicted octanol–water partition coefficient (Wildman–Crippen LogP) is 1.28. The summed E-state index contributed by atoms with van der Waals surface area (Å²) in [6.45, 7) is 0. The molecule has 0 aromatic carbocycles. The highest BCUT2D eigenvalue weighted by molar-refractivity contribution is 5.12. The van der Waals surface area contributed by atoms with E-state index < -0.39 is 5.60 Å². The first-order valence-corrected chi connectivity index (χ1v) is 5.52. The number of hydrogen-bond donors (Lipinski definition) is 2. The molecule has 1 aliphatic carbocycles. The molecule has 0 spiro atoms. The number of H-pyrrole nitrogens is 1. The average Bonchev–Trinajstić information content (AvgIpc) is 2.28. The molecule has 88 valence electrons. The summed E-state index contributed by atoms with van der Waals surface area (Å²) in [7, 11) is 1.62. The molecule has 16 heavy (non-hydrogen) atoms. The molecule has 0 bridgehead atoms. The fraction of sp³-hybridized carbons (Fsp3) is 0.636. The standard InChI is InChI=1S/C11H16N2O3/c1-16-11(5-3-2-4-6-11)10-12-8(14)7-9(15)13-10/h7H,2-6H2,1H3,(H2,12,13,14,15). The molecule has 1 heterocycles. The van der Waals surface area contributed by atoms with Crippen LogP contribution in [0, 0.1) is 0 Å². The average molecular weight is 224 g/mol. The van der Waals surface area contributed by atoms with Gasteiger partial charge in [0.05, 0.1) is 6.07 Å². The van der Waals surface area contributed by atoms with E-state index in [0.717, 1.165) is 31.7 Å². The van der Waals surface area contributed by atoms with Crippen LogP contribution in [0.25, 0.3) is 0 Å². The molecule has 1 aromatic heterocycles. The Morgan fingerprint density at radius 3 is 2.69 bits per heavy atom. The SMILES string of the molecule is COC1(c2nc(O)cc(=O)[nH]2)CCCCC1. The number of rotatable bonds is 2. The van der Waals surface area contributed by atoms with Gasteiger partial charge in [-0.15, -0.1) is 0 Å². The second kappa shape index (κ2) is 4.25. The molecular weight excluding hydrogens is 208 g/mol. The third-order valence-electron chi connectivity index (χ3n) is 3.21. The third-order valence-corrected chi connectivity index (χ3v) is 3.21. The maximum Gasteiger partial charge on any atom is 0.254 e. The van der Waals surface area contributed by atoms with Crippen molar-refractivity contribution in [3.05, 3.63) is 22.2 Å².